The molecular formula is C14H18Cl2N2O2S. The number of sulfonamides is 1. The van der Waals surface area contributed by atoms with Crippen LogP contribution in [0.3, 0.4) is 0 Å². The molecule has 2 N–H and O–H groups in total. The van der Waals surface area contributed by atoms with Crippen LogP contribution in [-0.4, -0.2) is 28.1 Å². The summed E-state index contributed by atoms with van der Waals surface area (Å²) in [5.74, 6) is 0. The van der Waals surface area contributed by atoms with Gasteiger partial charge in [0, 0.05) is 28.4 Å². The number of fused-ring (bicyclic) bond motifs is 1. The molecule has 116 valence electrons. The lowest BCUT2D eigenvalue weighted by atomic mass is 10.1. The molecule has 0 fully saturated rings. The zero-order valence-electron chi connectivity index (χ0n) is 11.8. The van der Waals surface area contributed by atoms with Crippen molar-refractivity contribution in [1.29, 1.82) is 0 Å². The summed E-state index contributed by atoms with van der Waals surface area (Å²) in [6, 6.07) is 10.4. The summed E-state index contributed by atoms with van der Waals surface area (Å²) in [4.78, 5) is 0.251. The molecule has 0 amide bonds. The van der Waals surface area contributed by atoms with Crippen molar-refractivity contribution in [2.75, 3.05) is 13.6 Å². The molecule has 0 aromatic heterocycles. The highest BCUT2D eigenvalue weighted by Gasteiger charge is 2.18. The Morgan fingerprint density at radius 3 is 2.38 bits per heavy atom. The third-order valence-corrected chi connectivity index (χ3v) is 5.00. The Morgan fingerprint density at radius 1 is 1.14 bits per heavy atom. The number of benzene rings is 2. The fraction of sp³-hybridized carbons (Fsp3) is 0.286. The minimum absolute atomic E-state index is 0. The SMILES string of the molecule is CNC(C)CNS(=O)(=O)c1ccc(Cl)c2ccccc12.Cl. The van der Waals surface area contributed by atoms with Crippen LogP contribution in [0.4, 0.5) is 0 Å². The molecule has 0 spiro atoms. The van der Waals surface area contributed by atoms with Crippen LogP contribution < -0.4 is 10.0 Å². The lowest BCUT2D eigenvalue weighted by molar-refractivity contribution is 0.555. The number of nitrogens with one attached hydrogen (secondary N) is 2. The van der Waals surface area contributed by atoms with E-state index in [1.54, 1.807) is 25.2 Å². The molecular weight excluding hydrogens is 331 g/mol. The minimum atomic E-state index is -3.56. The van der Waals surface area contributed by atoms with E-state index in [1.165, 1.54) is 6.07 Å². The van der Waals surface area contributed by atoms with E-state index in [0.29, 0.717) is 17.0 Å². The molecule has 1 atom stereocenters. The summed E-state index contributed by atoms with van der Waals surface area (Å²) in [5, 5.41) is 4.90. The van der Waals surface area contributed by atoms with E-state index in [2.05, 4.69) is 10.0 Å². The van der Waals surface area contributed by atoms with Crippen molar-refractivity contribution in [2.24, 2.45) is 0 Å². The monoisotopic (exact) mass is 348 g/mol. The molecule has 2 aromatic rings. The molecule has 0 saturated heterocycles. The Kier molecular flexibility index (Phi) is 6.43. The van der Waals surface area contributed by atoms with E-state index >= 15 is 0 Å². The predicted molar refractivity (Wildman–Crippen MR) is 89.9 cm³/mol. The summed E-state index contributed by atoms with van der Waals surface area (Å²) in [7, 11) is -1.77. The number of halogens is 2. The average molecular weight is 349 g/mol. The largest absolute Gasteiger partial charge is 0.316 e. The average Bonchev–Trinajstić information content (AvgIpc) is 2.45. The second kappa shape index (κ2) is 7.42. The molecule has 0 aliphatic carbocycles. The van der Waals surface area contributed by atoms with Crippen molar-refractivity contribution in [1.82, 2.24) is 10.0 Å². The first-order chi connectivity index (χ1) is 9.45. The lowest BCUT2D eigenvalue weighted by Crippen LogP contribution is -2.37. The highest BCUT2D eigenvalue weighted by atomic mass is 35.5. The van der Waals surface area contributed by atoms with E-state index in [0.717, 1.165) is 5.39 Å². The van der Waals surface area contributed by atoms with Crippen LogP contribution in [0.5, 0.6) is 0 Å². The van der Waals surface area contributed by atoms with E-state index in [-0.39, 0.29) is 23.3 Å². The Bertz CT molecular complexity index is 720. The van der Waals surface area contributed by atoms with E-state index in [9.17, 15) is 8.42 Å². The van der Waals surface area contributed by atoms with Gasteiger partial charge >= 0.3 is 0 Å². The summed E-state index contributed by atoms with van der Waals surface area (Å²) in [6.45, 7) is 2.23. The highest BCUT2D eigenvalue weighted by Crippen LogP contribution is 2.28. The van der Waals surface area contributed by atoms with Crippen LogP contribution in [0.15, 0.2) is 41.3 Å². The van der Waals surface area contributed by atoms with Crippen LogP contribution in [0.1, 0.15) is 6.92 Å². The zero-order chi connectivity index (χ0) is 14.8. The minimum Gasteiger partial charge on any atom is -0.316 e. The first kappa shape index (κ1) is 18.2. The Hall–Kier alpha value is -0.850. The van der Waals surface area contributed by atoms with Crippen LogP contribution in [0.2, 0.25) is 5.02 Å². The van der Waals surface area contributed by atoms with Crippen LogP contribution in [0, 0.1) is 0 Å². The van der Waals surface area contributed by atoms with Crippen molar-refractivity contribution in [2.45, 2.75) is 17.9 Å². The topological polar surface area (TPSA) is 58.2 Å². The number of hydrogen-bond acceptors (Lipinski definition) is 3. The van der Waals surface area contributed by atoms with Gasteiger partial charge in [0.2, 0.25) is 10.0 Å². The second-order valence-corrected chi connectivity index (χ2v) is 6.78. The normalized spacial score (nSPS) is 12.9. The molecule has 2 rings (SSSR count). The van der Waals surface area contributed by atoms with Crippen LogP contribution >= 0.6 is 24.0 Å². The maximum absolute atomic E-state index is 12.4. The van der Waals surface area contributed by atoms with Gasteiger partial charge in [-0.1, -0.05) is 35.9 Å². The van der Waals surface area contributed by atoms with Crippen LogP contribution in [-0.2, 0) is 10.0 Å². The molecule has 1 unspecified atom stereocenters. The van der Waals surface area contributed by atoms with Crippen molar-refractivity contribution in [3.8, 4) is 0 Å². The maximum atomic E-state index is 12.4. The van der Waals surface area contributed by atoms with E-state index < -0.39 is 10.0 Å². The second-order valence-electron chi connectivity index (χ2n) is 4.63. The smallest absolute Gasteiger partial charge is 0.241 e. The first-order valence-corrected chi connectivity index (χ1v) is 8.16. The van der Waals surface area contributed by atoms with Gasteiger partial charge in [0.15, 0.2) is 0 Å². The molecule has 0 heterocycles. The van der Waals surface area contributed by atoms with Gasteiger partial charge in [-0.2, -0.15) is 0 Å². The molecule has 7 heteroatoms. The lowest BCUT2D eigenvalue weighted by Gasteiger charge is -2.13. The molecule has 0 bridgehead atoms. The number of rotatable bonds is 5. The summed E-state index contributed by atoms with van der Waals surface area (Å²) >= 11 is 6.10. The van der Waals surface area contributed by atoms with Gasteiger partial charge in [-0.05, 0) is 26.1 Å². The number of likely N-dealkylation sites (N-methyl/N-ethyl adjacent to an activating group) is 1. The summed E-state index contributed by atoms with van der Waals surface area (Å²) in [5.41, 5.74) is 0. The molecule has 0 aliphatic rings. The zero-order valence-corrected chi connectivity index (χ0v) is 14.1. The summed E-state index contributed by atoms with van der Waals surface area (Å²) in [6.07, 6.45) is 0. The highest BCUT2D eigenvalue weighted by molar-refractivity contribution is 7.89. The van der Waals surface area contributed by atoms with Gasteiger partial charge in [-0.25, -0.2) is 13.1 Å². The van der Waals surface area contributed by atoms with Crippen molar-refractivity contribution >= 4 is 44.8 Å². The molecule has 0 aliphatic heterocycles. The van der Waals surface area contributed by atoms with Gasteiger partial charge in [0.25, 0.3) is 0 Å². The fourth-order valence-electron chi connectivity index (χ4n) is 1.88. The summed E-state index contributed by atoms with van der Waals surface area (Å²) < 4.78 is 27.4. The first-order valence-electron chi connectivity index (χ1n) is 6.30. The Labute approximate surface area is 136 Å². The van der Waals surface area contributed by atoms with Crippen LogP contribution in [0.25, 0.3) is 10.8 Å². The molecule has 0 saturated carbocycles. The van der Waals surface area contributed by atoms with Crippen molar-refractivity contribution in [3.63, 3.8) is 0 Å². The Morgan fingerprint density at radius 2 is 1.76 bits per heavy atom. The molecule has 0 radical (unpaired) electrons. The standard InChI is InChI=1S/C14H17ClN2O2S.ClH/c1-10(16-2)9-17-20(18,19)14-8-7-13(15)11-5-3-4-6-12(11)14;/h3-8,10,16-17H,9H2,1-2H3;1H. The fourth-order valence-corrected chi connectivity index (χ4v) is 3.45. The third-order valence-electron chi connectivity index (χ3n) is 3.19. The predicted octanol–water partition coefficient (Wildman–Crippen LogP) is 2.80. The quantitative estimate of drug-likeness (QED) is 0.873. The molecule has 21 heavy (non-hydrogen) atoms. The van der Waals surface area contributed by atoms with Crippen molar-refractivity contribution in [3.05, 3.63) is 41.4 Å². The maximum Gasteiger partial charge on any atom is 0.241 e. The van der Waals surface area contributed by atoms with Gasteiger partial charge in [-0.15, -0.1) is 12.4 Å². The molecule has 2 aromatic carbocycles. The molecule has 4 nitrogen and oxygen atoms in total. The van der Waals surface area contributed by atoms with E-state index in [1.807, 2.05) is 19.1 Å². The van der Waals surface area contributed by atoms with E-state index in [4.69, 9.17) is 11.6 Å². The number of hydrogen-bond donors (Lipinski definition) is 2. The third kappa shape index (κ3) is 4.08. The van der Waals surface area contributed by atoms with Gasteiger partial charge in [0.05, 0.1) is 4.90 Å². The Balaban J connectivity index is 0.00000220. The van der Waals surface area contributed by atoms with Gasteiger partial charge < -0.3 is 5.32 Å². The van der Waals surface area contributed by atoms with Gasteiger partial charge in [0.1, 0.15) is 0 Å². The van der Waals surface area contributed by atoms with Gasteiger partial charge in [-0.3, -0.25) is 0 Å². The van der Waals surface area contributed by atoms with Crippen molar-refractivity contribution < 1.29 is 8.42 Å².